The van der Waals surface area contributed by atoms with Gasteiger partial charge in [0.2, 0.25) is 6.79 Å². The molecule has 0 aromatic carbocycles. The standard InChI is InChI=1S/C7H12O4S2/c1-12-3-6(8)10-5-11-7(9)4-13-2/h3-5H2,1-2H3. The van der Waals surface area contributed by atoms with Gasteiger partial charge >= 0.3 is 11.9 Å². The molecule has 0 aliphatic heterocycles. The Hall–Kier alpha value is -0.360. The van der Waals surface area contributed by atoms with Crippen molar-refractivity contribution < 1.29 is 19.1 Å². The van der Waals surface area contributed by atoms with Crippen molar-refractivity contribution in [2.24, 2.45) is 0 Å². The average Bonchev–Trinajstić information content (AvgIpc) is 2.05. The van der Waals surface area contributed by atoms with Crippen molar-refractivity contribution in [1.82, 2.24) is 0 Å². The molecule has 0 heterocycles. The van der Waals surface area contributed by atoms with Gasteiger partial charge in [0.15, 0.2) is 0 Å². The molecule has 0 rings (SSSR count). The fourth-order valence-electron chi connectivity index (χ4n) is 0.480. The van der Waals surface area contributed by atoms with Crippen molar-refractivity contribution in [3.8, 4) is 0 Å². The van der Waals surface area contributed by atoms with Crippen LogP contribution >= 0.6 is 23.5 Å². The highest BCUT2D eigenvalue weighted by molar-refractivity contribution is 7.99. The first-order valence-corrected chi connectivity index (χ1v) is 6.28. The lowest BCUT2D eigenvalue weighted by atomic mass is 10.8. The summed E-state index contributed by atoms with van der Waals surface area (Å²) in [4.78, 5) is 21.5. The molecule has 0 aromatic rings. The largest absolute Gasteiger partial charge is 0.427 e. The van der Waals surface area contributed by atoms with Crippen molar-refractivity contribution in [3.63, 3.8) is 0 Å². The van der Waals surface area contributed by atoms with Crippen LogP contribution in [-0.4, -0.2) is 42.7 Å². The zero-order valence-corrected chi connectivity index (χ0v) is 9.20. The summed E-state index contributed by atoms with van der Waals surface area (Å²) in [5.41, 5.74) is 0. The number of thioether (sulfide) groups is 2. The molecule has 4 nitrogen and oxygen atoms in total. The number of carbonyl (C=O) groups is 2. The molecule has 0 aliphatic rings. The maximum absolute atomic E-state index is 10.7. The van der Waals surface area contributed by atoms with E-state index in [9.17, 15) is 9.59 Å². The summed E-state index contributed by atoms with van der Waals surface area (Å²) in [5, 5.41) is 0. The summed E-state index contributed by atoms with van der Waals surface area (Å²) >= 11 is 2.72. The Bertz CT molecular complexity index is 154. The van der Waals surface area contributed by atoms with E-state index in [1.54, 1.807) is 12.5 Å². The normalized spacial score (nSPS) is 9.38. The highest BCUT2D eigenvalue weighted by Gasteiger charge is 2.04. The van der Waals surface area contributed by atoms with E-state index in [0.29, 0.717) is 0 Å². The predicted molar refractivity (Wildman–Crippen MR) is 53.8 cm³/mol. The quantitative estimate of drug-likeness (QED) is 0.490. The minimum absolute atomic E-state index is 0.278. The van der Waals surface area contributed by atoms with Crippen LogP contribution < -0.4 is 0 Å². The SMILES string of the molecule is CSCC(=O)OCOC(=O)CSC. The molecule has 76 valence electrons. The lowest BCUT2D eigenvalue weighted by Crippen LogP contribution is -2.15. The van der Waals surface area contributed by atoms with Crippen LogP contribution in [-0.2, 0) is 19.1 Å². The molecule has 0 atom stereocenters. The van der Waals surface area contributed by atoms with E-state index < -0.39 is 0 Å². The zero-order valence-electron chi connectivity index (χ0n) is 7.57. The Morgan fingerprint density at radius 1 is 1.00 bits per heavy atom. The molecule has 0 radical (unpaired) electrons. The van der Waals surface area contributed by atoms with Gasteiger partial charge in [0, 0.05) is 0 Å². The second-order valence-electron chi connectivity index (χ2n) is 2.02. The van der Waals surface area contributed by atoms with Gasteiger partial charge in [-0.15, -0.1) is 0 Å². The minimum atomic E-state index is -0.371. The van der Waals surface area contributed by atoms with Crippen LogP contribution in [0.5, 0.6) is 0 Å². The first-order chi connectivity index (χ1) is 6.20. The Morgan fingerprint density at radius 3 is 1.69 bits per heavy atom. The molecule has 6 heteroatoms. The van der Waals surface area contributed by atoms with Crippen molar-refractivity contribution in [1.29, 1.82) is 0 Å². The zero-order chi connectivity index (χ0) is 10.1. The molecule has 0 aromatic heterocycles. The summed E-state index contributed by atoms with van der Waals surface area (Å²) in [5.74, 6) is -0.186. The highest BCUT2D eigenvalue weighted by atomic mass is 32.2. The molecule has 0 unspecified atom stereocenters. The third-order valence-electron chi connectivity index (χ3n) is 0.964. The molecule has 0 fully saturated rings. The van der Waals surface area contributed by atoms with Crippen molar-refractivity contribution in [3.05, 3.63) is 0 Å². The molecule has 0 N–H and O–H groups in total. The minimum Gasteiger partial charge on any atom is -0.427 e. The van der Waals surface area contributed by atoms with E-state index in [2.05, 4.69) is 9.47 Å². The number of hydrogen-bond donors (Lipinski definition) is 0. The van der Waals surface area contributed by atoms with Crippen LogP contribution in [0.4, 0.5) is 0 Å². The maximum Gasteiger partial charge on any atom is 0.318 e. The van der Waals surface area contributed by atoms with E-state index in [4.69, 9.17) is 0 Å². The van der Waals surface area contributed by atoms with Crippen LogP contribution in [0, 0.1) is 0 Å². The third kappa shape index (κ3) is 7.98. The Morgan fingerprint density at radius 2 is 1.38 bits per heavy atom. The Balaban J connectivity index is 3.33. The Labute approximate surface area is 85.7 Å². The van der Waals surface area contributed by atoms with Gasteiger partial charge in [0.1, 0.15) is 0 Å². The molecule has 13 heavy (non-hydrogen) atoms. The lowest BCUT2D eigenvalue weighted by molar-refractivity contribution is -0.163. The molecule has 0 saturated carbocycles. The smallest absolute Gasteiger partial charge is 0.318 e. The van der Waals surface area contributed by atoms with E-state index in [-0.39, 0.29) is 30.2 Å². The van der Waals surface area contributed by atoms with E-state index in [1.165, 1.54) is 23.5 Å². The molecule has 0 bridgehead atoms. The number of hydrogen-bond acceptors (Lipinski definition) is 6. The van der Waals surface area contributed by atoms with Gasteiger partial charge in [0.05, 0.1) is 11.5 Å². The number of esters is 2. The fraction of sp³-hybridized carbons (Fsp3) is 0.714. The van der Waals surface area contributed by atoms with Crippen LogP contribution in [0.25, 0.3) is 0 Å². The first kappa shape index (κ1) is 12.6. The monoisotopic (exact) mass is 224 g/mol. The summed E-state index contributed by atoms with van der Waals surface area (Å²) in [6, 6.07) is 0. The fourth-order valence-corrected chi connectivity index (χ4v) is 1.12. The van der Waals surface area contributed by atoms with E-state index in [0.717, 1.165) is 0 Å². The molecule has 0 amide bonds. The molecule has 0 spiro atoms. The number of rotatable bonds is 6. The predicted octanol–water partition coefficient (Wildman–Crippen LogP) is 0.756. The number of ether oxygens (including phenoxy) is 2. The van der Waals surface area contributed by atoms with E-state index in [1.807, 2.05) is 0 Å². The summed E-state index contributed by atoms with van der Waals surface area (Å²) in [6.45, 7) is -0.279. The summed E-state index contributed by atoms with van der Waals surface area (Å²) in [6.07, 6.45) is 3.59. The van der Waals surface area contributed by atoms with E-state index >= 15 is 0 Å². The van der Waals surface area contributed by atoms with Crippen LogP contribution in [0.15, 0.2) is 0 Å². The molecule has 0 saturated heterocycles. The van der Waals surface area contributed by atoms with Crippen LogP contribution in [0.1, 0.15) is 0 Å². The van der Waals surface area contributed by atoms with Gasteiger partial charge in [0.25, 0.3) is 0 Å². The van der Waals surface area contributed by atoms with Crippen LogP contribution in [0.3, 0.4) is 0 Å². The number of carbonyl (C=O) groups excluding carboxylic acids is 2. The molecular formula is C7H12O4S2. The van der Waals surface area contributed by atoms with Gasteiger partial charge in [-0.25, -0.2) is 0 Å². The Kier molecular flexibility index (Phi) is 8.02. The summed E-state index contributed by atoms with van der Waals surface area (Å²) < 4.78 is 9.17. The average molecular weight is 224 g/mol. The second kappa shape index (κ2) is 8.25. The second-order valence-corrected chi connectivity index (χ2v) is 3.75. The summed E-state index contributed by atoms with van der Waals surface area (Å²) in [7, 11) is 0. The van der Waals surface area contributed by atoms with Gasteiger partial charge in [-0.3, -0.25) is 9.59 Å². The third-order valence-corrected chi connectivity index (χ3v) is 2.01. The van der Waals surface area contributed by atoms with Crippen molar-refractivity contribution >= 4 is 35.5 Å². The lowest BCUT2D eigenvalue weighted by Gasteiger charge is -2.04. The van der Waals surface area contributed by atoms with Gasteiger partial charge in [-0.05, 0) is 12.5 Å². The molecular weight excluding hydrogens is 212 g/mol. The van der Waals surface area contributed by atoms with Crippen molar-refractivity contribution in [2.45, 2.75) is 0 Å². The van der Waals surface area contributed by atoms with Gasteiger partial charge in [-0.1, -0.05) is 0 Å². The first-order valence-electron chi connectivity index (χ1n) is 3.49. The van der Waals surface area contributed by atoms with Gasteiger partial charge < -0.3 is 9.47 Å². The van der Waals surface area contributed by atoms with Gasteiger partial charge in [-0.2, -0.15) is 23.5 Å². The molecule has 0 aliphatic carbocycles. The van der Waals surface area contributed by atoms with Crippen molar-refractivity contribution in [2.75, 3.05) is 30.8 Å². The van der Waals surface area contributed by atoms with Crippen LogP contribution in [0.2, 0.25) is 0 Å². The topological polar surface area (TPSA) is 52.6 Å². The highest BCUT2D eigenvalue weighted by Crippen LogP contribution is 1.95. The maximum atomic E-state index is 10.7.